The Morgan fingerprint density at radius 1 is 0.571 bits per heavy atom. The smallest absolute Gasteiger partial charge is 0.0701 e. The lowest BCUT2D eigenvalue weighted by Crippen LogP contribution is -2.48. The zero-order valence-electron chi connectivity index (χ0n) is 16.5. The molecule has 12 heteroatoms. The summed E-state index contributed by atoms with van der Waals surface area (Å²) in [5.74, 6) is 0. The summed E-state index contributed by atoms with van der Waals surface area (Å²) < 4.78 is 21.7. The molecule has 1 saturated heterocycles. The van der Waals surface area contributed by atoms with Crippen molar-refractivity contribution in [3.8, 4) is 0 Å². The van der Waals surface area contributed by atoms with Gasteiger partial charge in [-0.3, -0.25) is 9.80 Å². The fraction of sp³-hybridized carbons (Fsp3) is 1.00. The van der Waals surface area contributed by atoms with E-state index < -0.39 is 0 Å². The molecule has 0 aliphatic carbocycles. The number of nitrogens with zero attached hydrogens (tertiary/aromatic N) is 8. The third-order valence-corrected chi connectivity index (χ3v) is 4.11. The molecule has 1 rings (SSSR count). The Balaban J connectivity index is 1.85. The van der Waals surface area contributed by atoms with Gasteiger partial charge in [0.05, 0.1) is 52.9 Å². The highest BCUT2D eigenvalue weighted by Crippen LogP contribution is 2.01. The molecule has 0 bridgehead atoms. The molecule has 0 saturated carbocycles. The summed E-state index contributed by atoms with van der Waals surface area (Å²) in [6, 6.07) is 0. The molecular weight excluding hydrogens is 368 g/mol. The highest BCUT2D eigenvalue weighted by atomic mass is 16.5. The van der Waals surface area contributed by atoms with Crippen LogP contribution in [0, 0.1) is 0 Å². The number of rotatable bonds is 18. The van der Waals surface area contributed by atoms with Crippen LogP contribution < -0.4 is 0 Å². The first-order valence-corrected chi connectivity index (χ1v) is 9.64. The van der Waals surface area contributed by atoms with Gasteiger partial charge < -0.3 is 18.9 Å². The Morgan fingerprint density at radius 2 is 0.929 bits per heavy atom. The highest BCUT2D eigenvalue weighted by molar-refractivity contribution is 4.71. The number of hydrogen-bond donors (Lipinski definition) is 0. The average Bonchev–Trinajstić information content (AvgIpc) is 2.72. The van der Waals surface area contributed by atoms with Crippen molar-refractivity contribution in [3.05, 3.63) is 20.9 Å². The van der Waals surface area contributed by atoms with Crippen molar-refractivity contribution in [3.63, 3.8) is 0 Å². The maximum atomic E-state index is 8.13. The van der Waals surface area contributed by atoms with Gasteiger partial charge in [-0.2, -0.15) is 0 Å². The monoisotopic (exact) mass is 400 g/mol. The molecule has 0 aromatic heterocycles. The number of piperazine rings is 1. The summed E-state index contributed by atoms with van der Waals surface area (Å²) in [6.07, 6.45) is 0. The fourth-order valence-corrected chi connectivity index (χ4v) is 2.57. The Labute approximate surface area is 165 Å². The standard InChI is InChI=1S/C16H32N8O4/c17-21-19-1-9-25-13-15-27-11-7-23-3-5-24(6-4-23)8-12-28-16-14-26-10-2-20-22-18/h1-16H2. The van der Waals surface area contributed by atoms with Crippen LogP contribution in [-0.4, -0.2) is 115 Å². The van der Waals surface area contributed by atoms with E-state index in [0.717, 1.165) is 39.3 Å². The summed E-state index contributed by atoms with van der Waals surface area (Å²) in [6.45, 7) is 11.1. The fourth-order valence-electron chi connectivity index (χ4n) is 2.57. The van der Waals surface area contributed by atoms with E-state index in [1.165, 1.54) is 0 Å². The van der Waals surface area contributed by atoms with Crippen molar-refractivity contribution in [1.29, 1.82) is 0 Å². The van der Waals surface area contributed by atoms with Crippen molar-refractivity contribution in [2.75, 3.05) is 105 Å². The van der Waals surface area contributed by atoms with Crippen LogP contribution in [0.1, 0.15) is 0 Å². The lowest BCUT2D eigenvalue weighted by Gasteiger charge is -2.34. The van der Waals surface area contributed by atoms with Gasteiger partial charge >= 0.3 is 0 Å². The van der Waals surface area contributed by atoms with Crippen LogP contribution in [0.4, 0.5) is 0 Å². The Kier molecular flexibility index (Phi) is 16.3. The molecule has 28 heavy (non-hydrogen) atoms. The van der Waals surface area contributed by atoms with Gasteiger partial charge in [0.1, 0.15) is 0 Å². The van der Waals surface area contributed by atoms with Gasteiger partial charge in [0.2, 0.25) is 0 Å². The number of ether oxygens (including phenoxy) is 4. The second kappa shape index (κ2) is 18.7. The Morgan fingerprint density at radius 3 is 1.29 bits per heavy atom. The van der Waals surface area contributed by atoms with E-state index in [1.54, 1.807) is 0 Å². The van der Waals surface area contributed by atoms with E-state index in [9.17, 15) is 0 Å². The van der Waals surface area contributed by atoms with Crippen molar-refractivity contribution >= 4 is 0 Å². The second-order valence-corrected chi connectivity index (χ2v) is 6.04. The van der Waals surface area contributed by atoms with E-state index in [1.807, 2.05) is 0 Å². The molecule has 0 unspecified atom stereocenters. The van der Waals surface area contributed by atoms with Gasteiger partial charge in [0.25, 0.3) is 0 Å². The van der Waals surface area contributed by atoms with Gasteiger partial charge in [0.15, 0.2) is 0 Å². The van der Waals surface area contributed by atoms with Crippen molar-refractivity contribution in [2.24, 2.45) is 10.2 Å². The zero-order chi connectivity index (χ0) is 20.1. The predicted molar refractivity (Wildman–Crippen MR) is 104 cm³/mol. The van der Waals surface area contributed by atoms with E-state index in [-0.39, 0.29) is 0 Å². The molecule has 1 fully saturated rings. The molecule has 12 nitrogen and oxygen atoms in total. The normalized spacial score (nSPS) is 15.1. The molecule has 0 amide bonds. The molecule has 0 aromatic rings. The van der Waals surface area contributed by atoms with E-state index in [4.69, 9.17) is 30.0 Å². The van der Waals surface area contributed by atoms with Crippen molar-refractivity contribution < 1.29 is 18.9 Å². The molecule has 0 radical (unpaired) electrons. The lowest BCUT2D eigenvalue weighted by atomic mass is 10.3. The second-order valence-electron chi connectivity index (χ2n) is 6.04. The van der Waals surface area contributed by atoms with Crippen LogP contribution in [0.3, 0.4) is 0 Å². The number of hydrogen-bond acceptors (Lipinski definition) is 8. The van der Waals surface area contributed by atoms with Crippen molar-refractivity contribution in [1.82, 2.24) is 9.80 Å². The molecule has 0 spiro atoms. The molecule has 0 aromatic carbocycles. The molecule has 0 atom stereocenters. The summed E-state index contributed by atoms with van der Waals surface area (Å²) in [7, 11) is 0. The van der Waals surface area contributed by atoms with Crippen LogP contribution in [-0.2, 0) is 18.9 Å². The minimum atomic E-state index is 0.360. The summed E-state index contributed by atoms with van der Waals surface area (Å²) >= 11 is 0. The predicted octanol–water partition coefficient (Wildman–Crippen LogP) is 1.29. The first-order chi connectivity index (χ1) is 13.9. The van der Waals surface area contributed by atoms with E-state index >= 15 is 0 Å². The third-order valence-electron chi connectivity index (χ3n) is 4.11. The highest BCUT2D eigenvalue weighted by Gasteiger charge is 2.15. The first-order valence-electron chi connectivity index (χ1n) is 9.64. The van der Waals surface area contributed by atoms with Crippen LogP contribution in [0.15, 0.2) is 10.2 Å². The van der Waals surface area contributed by atoms with Crippen LogP contribution in [0.5, 0.6) is 0 Å². The topological polar surface area (TPSA) is 141 Å². The first kappa shape index (κ1) is 24.4. The minimum absolute atomic E-state index is 0.360. The van der Waals surface area contributed by atoms with Gasteiger partial charge in [0, 0.05) is 62.2 Å². The maximum Gasteiger partial charge on any atom is 0.0701 e. The van der Waals surface area contributed by atoms with Gasteiger partial charge in [-0.25, -0.2) is 0 Å². The molecular formula is C16H32N8O4. The molecule has 1 heterocycles. The molecule has 160 valence electrons. The summed E-state index contributed by atoms with van der Waals surface area (Å²) in [4.78, 5) is 10.1. The largest absolute Gasteiger partial charge is 0.379 e. The average molecular weight is 400 g/mol. The van der Waals surface area contributed by atoms with Gasteiger partial charge in [-0.05, 0) is 11.1 Å². The number of azide groups is 2. The zero-order valence-corrected chi connectivity index (χ0v) is 16.5. The minimum Gasteiger partial charge on any atom is -0.379 e. The van der Waals surface area contributed by atoms with Crippen LogP contribution in [0.2, 0.25) is 0 Å². The Bertz CT molecular complexity index is 422. The van der Waals surface area contributed by atoms with Gasteiger partial charge in [-0.15, -0.1) is 0 Å². The molecule has 1 aliphatic heterocycles. The summed E-state index contributed by atoms with van der Waals surface area (Å²) in [5, 5.41) is 6.79. The Hall–Kier alpha value is -1.62. The van der Waals surface area contributed by atoms with Gasteiger partial charge in [-0.1, -0.05) is 10.2 Å². The van der Waals surface area contributed by atoms with Crippen molar-refractivity contribution in [2.45, 2.75) is 0 Å². The maximum absolute atomic E-state index is 8.13. The lowest BCUT2D eigenvalue weighted by molar-refractivity contribution is 0.0227. The third kappa shape index (κ3) is 14.4. The van der Waals surface area contributed by atoms with Crippen LogP contribution in [0.25, 0.3) is 20.9 Å². The molecule has 1 aliphatic rings. The molecule has 0 N–H and O–H groups in total. The van der Waals surface area contributed by atoms with E-state index in [2.05, 4.69) is 29.9 Å². The summed E-state index contributed by atoms with van der Waals surface area (Å²) in [5.41, 5.74) is 16.3. The van der Waals surface area contributed by atoms with E-state index in [0.29, 0.717) is 65.9 Å². The quantitative estimate of drug-likeness (QED) is 0.147. The van der Waals surface area contributed by atoms with Crippen LogP contribution >= 0.6 is 0 Å². The SMILES string of the molecule is [N-]=[N+]=NCCOCCOCCN1CCN(CCOCCOCCN=[N+]=[N-])CC1.